The quantitative estimate of drug-likeness (QED) is 0.194. The van der Waals surface area contributed by atoms with E-state index in [4.69, 9.17) is 0 Å². The van der Waals surface area contributed by atoms with Gasteiger partial charge in [0.05, 0.1) is 12.4 Å². The number of likely N-dealkylation sites (tertiary alicyclic amines) is 1. The number of aliphatic hydroxyl groups is 1. The van der Waals surface area contributed by atoms with Gasteiger partial charge < -0.3 is 31.3 Å². The van der Waals surface area contributed by atoms with E-state index in [1.807, 2.05) is 34.6 Å². The minimum absolute atomic E-state index is 0.0126. The molecule has 2 rings (SSSR count). The Morgan fingerprint density at radius 1 is 1.02 bits per heavy atom. The van der Waals surface area contributed by atoms with Crippen LogP contribution in [0.15, 0.2) is 0 Å². The topological polar surface area (TPSA) is 177 Å². The number of fused-ring (bicyclic) bond motifs is 1. The Balaban J connectivity index is 2.33. The van der Waals surface area contributed by atoms with Crippen molar-refractivity contribution < 1.29 is 41.5 Å². The Morgan fingerprint density at radius 2 is 1.59 bits per heavy atom. The number of carbonyl (C=O) groups is 4. The number of hydrogen-bond acceptors (Lipinski definition) is 7. The molecule has 1 saturated heterocycles. The maximum atomic E-state index is 14.2. The van der Waals surface area contributed by atoms with Gasteiger partial charge in [0.25, 0.3) is 0 Å². The summed E-state index contributed by atoms with van der Waals surface area (Å²) in [5.74, 6) is -2.53. The molecular formula is C30H54F2N6O7S. The molecule has 0 spiro atoms. The van der Waals surface area contributed by atoms with Crippen LogP contribution >= 0.6 is 0 Å². The van der Waals surface area contributed by atoms with Gasteiger partial charge in [-0.2, -0.15) is 0 Å². The largest absolute Gasteiger partial charge is 0.392 e. The zero-order valence-corrected chi connectivity index (χ0v) is 29.7. The maximum absolute atomic E-state index is 14.2. The molecule has 0 aromatic rings. The predicted octanol–water partition coefficient (Wildman–Crippen LogP) is 1.13. The first-order chi connectivity index (χ1) is 20.7. The Labute approximate surface area is 272 Å². The van der Waals surface area contributed by atoms with E-state index in [0.717, 1.165) is 10.6 Å². The molecule has 0 radical (unpaired) electrons. The number of nitrogens with zero attached hydrogens (tertiary/aromatic N) is 2. The molecule has 266 valence electrons. The van der Waals surface area contributed by atoms with Gasteiger partial charge in [0, 0.05) is 39.1 Å². The summed E-state index contributed by atoms with van der Waals surface area (Å²) in [5, 5.41) is 19.8. The van der Waals surface area contributed by atoms with Crippen LogP contribution in [0.2, 0.25) is 0 Å². The number of hydrogen-bond donors (Lipinski definition) is 5. The van der Waals surface area contributed by atoms with E-state index in [9.17, 15) is 41.5 Å². The maximum Gasteiger partial charge on any atom is 0.315 e. The second-order valence-corrected chi connectivity index (χ2v) is 17.6. The molecule has 1 aliphatic heterocycles. The van der Waals surface area contributed by atoms with Crippen LogP contribution < -0.4 is 21.3 Å². The summed E-state index contributed by atoms with van der Waals surface area (Å²) in [5.41, 5.74) is -1.71. The highest BCUT2D eigenvalue weighted by Crippen LogP contribution is 2.65. The third kappa shape index (κ3) is 9.96. The van der Waals surface area contributed by atoms with Crippen molar-refractivity contribution in [2.45, 2.75) is 105 Å². The lowest BCUT2D eigenvalue weighted by Gasteiger charge is -2.39. The number of alkyl halides is 2. The first-order valence-electron chi connectivity index (χ1n) is 15.5. The van der Waals surface area contributed by atoms with E-state index in [0.29, 0.717) is 0 Å². The van der Waals surface area contributed by atoms with Gasteiger partial charge in [-0.3, -0.25) is 14.4 Å². The minimum atomic E-state index is -3.53. The van der Waals surface area contributed by atoms with Crippen LogP contribution in [-0.2, 0) is 24.4 Å². The fourth-order valence-electron chi connectivity index (χ4n) is 5.93. The van der Waals surface area contributed by atoms with Crippen molar-refractivity contribution in [3.63, 3.8) is 0 Å². The lowest BCUT2D eigenvalue weighted by atomic mass is 9.85. The van der Waals surface area contributed by atoms with Crippen LogP contribution in [0.1, 0.15) is 68.7 Å². The zero-order chi connectivity index (χ0) is 35.7. The molecule has 1 heterocycles. The number of aliphatic hydroxyl groups excluding tert-OH is 1. The van der Waals surface area contributed by atoms with Crippen molar-refractivity contribution in [3.8, 4) is 0 Å². The van der Waals surface area contributed by atoms with Crippen LogP contribution in [0, 0.1) is 28.1 Å². The van der Waals surface area contributed by atoms with Gasteiger partial charge in [0.2, 0.25) is 34.2 Å². The van der Waals surface area contributed by atoms with E-state index in [1.165, 1.54) is 18.9 Å². The van der Waals surface area contributed by atoms with Gasteiger partial charge in [-0.05, 0) is 35.0 Å². The summed E-state index contributed by atoms with van der Waals surface area (Å²) in [6.07, 6.45) is -3.73. The van der Waals surface area contributed by atoms with Crippen molar-refractivity contribution in [1.29, 1.82) is 0 Å². The predicted molar refractivity (Wildman–Crippen MR) is 169 cm³/mol. The number of likely N-dealkylation sites (N-methyl/N-ethyl adjacent to an activating group) is 1. The number of carbonyl (C=O) groups excluding carboxylic acids is 4. The highest BCUT2D eigenvalue weighted by Gasteiger charge is 2.70. The normalized spacial score (nSPS) is 23.7. The SMILES string of the molecule is CC(O)CNC(=O)[C@H](CC(F)F)NC(=O)[C@@H]1[C@@H]2[C@H](CN1C(=O)[C@@H](NC(=O)N[C@H](CN(C)S(C)(=O)=O)C(C)(C)C)C(C)(C)C)C2(C)C. The molecule has 13 nitrogen and oxygen atoms in total. The van der Waals surface area contributed by atoms with Crippen molar-refractivity contribution in [3.05, 3.63) is 0 Å². The van der Waals surface area contributed by atoms with E-state index >= 15 is 0 Å². The molecule has 5 amide bonds. The summed E-state index contributed by atoms with van der Waals surface area (Å²) in [4.78, 5) is 55.3. The second-order valence-electron chi connectivity index (χ2n) is 15.6. The standard InChI is InChI=1S/C30H54F2N6O7S/c1-16(39)13-33-24(40)18(12-20(31)32)34-25(41)22-21-17(30(21,8)9)14-38(22)26(42)23(29(5,6)7)36-27(43)35-19(28(2,3)4)15-37(10)46(11,44)45/h16-23,39H,12-15H2,1-11H3,(H,33,40)(H,34,41)(H2,35,36,43)/t16?,17-,18-,19+,21-,22-,23+/m0/s1. The minimum Gasteiger partial charge on any atom is -0.392 e. The van der Waals surface area contributed by atoms with E-state index < -0.39 is 87.7 Å². The third-order valence-corrected chi connectivity index (χ3v) is 10.4. The second kappa shape index (κ2) is 14.3. The summed E-state index contributed by atoms with van der Waals surface area (Å²) < 4.78 is 52.0. The molecule has 1 aliphatic carbocycles. The summed E-state index contributed by atoms with van der Waals surface area (Å²) in [7, 11) is -2.13. The number of nitrogens with one attached hydrogen (secondary N) is 4. The lowest BCUT2D eigenvalue weighted by Crippen LogP contribution is -2.62. The Morgan fingerprint density at radius 3 is 2.04 bits per heavy atom. The number of piperidine rings is 1. The molecule has 5 N–H and O–H groups in total. The first-order valence-corrected chi connectivity index (χ1v) is 17.4. The van der Waals surface area contributed by atoms with Gasteiger partial charge in [-0.15, -0.1) is 0 Å². The molecule has 0 bridgehead atoms. The van der Waals surface area contributed by atoms with Crippen molar-refractivity contribution >= 4 is 33.8 Å². The molecule has 0 aromatic carbocycles. The molecule has 7 atom stereocenters. The van der Waals surface area contributed by atoms with Gasteiger partial charge in [0.1, 0.15) is 18.1 Å². The molecule has 46 heavy (non-hydrogen) atoms. The monoisotopic (exact) mass is 680 g/mol. The van der Waals surface area contributed by atoms with Crippen LogP contribution in [0.3, 0.4) is 0 Å². The van der Waals surface area contributed by atoms with Crippen molar-refractivity contribution in [1.82, 2.24) is 30.5 Å². The van der Waals surface area contributed by atoms with Gasteiger partial charge in [-0.1, -0.05) is 55.4 Å². The van der Waals surface area contributed by atoms with Gasteiger partial charge in [0.15, 0.2) is 0 Å². The van der Waals surface area contributed by atoms with Crippen LogP contribution in [-0.4, -0.2) is 116 Å². The number of urea groups is 1. The highest BCUT2D eigenvalue weighted by molar-refractivity contribution is 7.88. The van der Waals surface area contributed by atoms with E-state index in [2.05, 4.69) is 21.3 Å². The average molecular weight is 681 g/mol. The molecule has 16 heteroatoms. The number of amides is 5. The lowest BCUT2D eigenvalue weighted by molar-refractivity contribution is -0.144. The van der Waals surface area contributed by atoms with Crippen molar-refractivity contribution in [2.24, 2.45) is 28.1 Å². The third-order valence-electron chi connectivity index (χ3n) is 9.12. The van der Waals surface area contributed by atoms with E-state index in [1.54, 1.807) is 20.8 Å². The molecule has 1 saturated carbocycles. The Hall–Kier alpha value is -2.59. The molecular weight excluding hydrogens is 626 g/mol. The Bertz CT molecular complexity index is 1250. The van der Waals surface area contributed by atoms with Crippen LogP contribution in [0.5, 0.6) is 0 Å². The highest BCUT2D eigenvalue weighted by atomic mass is 32.2. The number of sulfonamides is 1. The van der Waals surface area contributed by atoms with Crippen LogP contribution in [0.4, 0.5) is 13.6 Å². The summed E-state index contributed by atoms with van der Waals surface area (Å²) in [6.45, 7) is 16.1. The molecule has 0 aromatic heterocycles. The average Bonchev–Trinajstić information content (AvgIpc) is 3.19. The van der Waals surface area contributed by atoms with E-state index in [-0.39, 0.29) is 36.9 Å². The molecule has 2 fully saturated rings. The van der Waals surface area contributed by atoms with Gasteiger partial charge >= 0.3 is 6.03 Å². The first kappa shape index (κ1) is 39.6. The van der Waals surface area contributed by atoms with Crippen LogP contribution in [0.25, 0.3) is 0 Å². The zero-order valence-electron chi connectivity index (χ0n) is 28.9. The summed E-state index contributed by atoms with van der Waals surface area (Å²) >= 11 is 0. The Kier molecular flexibility index (Phi) is 12.3. The smallest absolute Gasteiger partial charge is 0.315 e. The van der Waals surface area contributed by atoms with Crippen molar-refractivity contribution in [2.75, 3.05) is 32.9 Å². The number of rotatable bonds is 13. The summed E-state index contributed by atoms with van der Waals surface area (Å²) in [6, 6.07) is -5.12. The van der Waals surface area contributed by atoms with Gasteiger partial charge in [-0.25, -0.2) is 26.3 Å². The fourth-order valence-corrected chi connectivity index (χ4v) is 6.35. The molecule has 2 aliphatic rings. The molecule has 1 unspecified atom stereocenters. The fraction of sp³-hybridized carbons (Fsp3) is 0.867. The number of halogens is 2.